The van der Waals surface area contributed by atoms with Gasteiger partial charge in [-0.15, -0.1) is 0 Å². The lowest BCUT2D eigenvalue weighted by Gasteiger charge is -2.48. The first-order valence-corrected chi connectivity index (χ1v) is 25.2. The van der Waals surface area contributed by atoms with E-state index in [-0.39, 0.29) is 12.8 Å². The zero-order valence-electron chi connectivity index (χ0n) is 42.2. The van der Waals surface area contributed by atoms with Gasteiger partial charge in [0.05, 0.1) is 30.3 Å². The first-order valence-electron chi connectivity index (χ1n) is 22.9. The molecule has 27 heteroatoms. The SMILES string of the molecule is CC[C@H]1OC(=O)[C@H](C)[C@@H](O[C@H]2C[C@@](C)(OC)[C@@H](OC(C)=O)[C@H](C)O2)C[C@@H](O[C@@H]2O[C@H](C)C[C@H](N(C)C)[C@H]2OC(C)=O)[C@](C)(OC(=O)NC(=O)C(Cl)(Cl)Cl)C[C@@H](C)C(=O)C(C)C=C1OC(=O)NC(=O)C(Cl)(Cl)Cl. The maximum atomic E-state index is 14.7. The number of allylic oxidation sites excluding steroid dienone is 1. The highest BCUT2D eigenvalue weighted by atomic mass is 35.6. The number of carbonyl (C=O) groups is 8. The molecule has 3 aliphatic rings. The Balaban J connectivity index is 2.40. The Morgan fingerprint density at radius 2 is 1.38 bits per heavy atom. The second-order valence-corrected chi connectivity index (χ2v) is 23.3. The fourth-order valence-corrected chi connectivity index (χ4v) is 8.99. The maximum absolute atomic E-state index is 14.7. The summed E-state index contributed by atoms with van der Waals surface area (Å²) in [6.45, 7) is 14.8. The van der Waals surface area contributed by atoms with Crippen LogP contribution in [-0.4, -0.2) is 154 Å². The van der Waals surface area contributed by atoms with Gasteiger partial charge in [0.25, 0.3) is 19.4 Å². The molecule has 1 unspecified atom stereocenters. The van der Waals surface area contributed by atoms with Gasteiger partial charge in [-0.25, -0.2) is 9.59 Å². The molecule has 0 spiro atoms. The number of methoxy groups -OCH3 is 1. The number of hydrogen-bond donors (Lipinski definition) is 2. The van der Waals surface area contributed by atoms with Gasteiger partial charge >= 0.3 is 30.1 Å². The second kappa shape index (κ2) is 26.3. The molecular formula is C45H65Cl6N3O18. The largest absolute Gasteiger partial charge is 0.457 e. The van der Waals surface area contributed by atoms with Crippen molar-refractivity contribution in [3.63, 3.8) is 0 Å². The lowest BCUT2D eigenvalue weighted by molar-refractivity contribution is -0.309. The molecule has 3 aliphatic heterocycles. The molecule has 0 aromatic rings. The Bertz CT molecular complexity index is 2020. The van der Waals surface area contributed by atoms with Gasteiger partial charge < -0.3 is 52.3 Å². The minimum absolute atomic E-state index is 0.0631. The topological polar surface area (TPSA) is 256 Å². The number of imide groups is 2. The summed E-state index contributed by atoms with van der Waals surface area (Å²) < 4.78 is 55.9. The molecule has 0 aromatic heterocycles. The molecule has 410 valence electrons. The predicted octanol–water partition coefficient (Wildman–Crippen LogP) is 6.71. The summed E-state index contributed by atoms with van der Waals surface area (Å²) in [6.07, 6.45) is -12.9. The number of ketones is 1. The summed E-state index contributed by atoms with van der Waals surface area (Å²) in [5, 5.41) is 3.65. The van der Waals surface area contributed by atoms with Crippen molar-refractivity contribution in [1.29, 1.82) is 0 Å². The molecule has 72 heavy (non-hydrogen) atoms. The summed E-state index contributed by atoms with van der Waals surface area (Å²) in [6, 6.07) is -0.508. The zero-order chi connectivity index (χ0) is 55.0. The van der Waals surface area contributed by atoms with Crippen LogP contribution in [0.3, 0.4) is 0 Å². The van der Waals surface area contributed by atoms with E-state index in [1.807, 2.05) is 10.2 Å². The Morgan fingerprint density at radius 1 is 0.806 bits per heavy atom. The third kappa shape index (κ3) is 17.6. The van der Waals surface area contributed by atoms with Crippen LogP contribution in [0.5, 0.6) is 0 Å². The van der Waals surface area contributed by atoms with Crippen molar-refractivity contribution in [2.24, 2.45) is 17.8 Å². The number of alkyl carbamates (subject to hydrolysis) is 2. The van der Waals surface area contributed by atoms with E-state index in [1.165, 1.54) is 54.7 Å². The fraction of sp³-hybridized carbons (Fsp3) is 0.778. The Hall–Kier alpha value is -2.80. The molecule has 3 heterocycles. The minimum Gasteiger partial charge on any atom is -0.457 e. The summed E-state index contributed by atoms with van der Waals surface area (Å²) >= 11 is 34.4. The van der Waals surface area contributed by atoms with E-state index in [0.29, 0.717) is 6.42 Å². The van der Waals surface area contributed by atoms with Crippen molar-refractivity contribution < 1.29 is 85.7 Å². The highest BCUT2D eigenvalue weighted by Crippen LogP contribution is 2.41. The Morgan fingerprint density at radius 3 is 1.89 bits per heavy atom. The number of halogens is 6. The number of Topliss-reactive ketones (excluding diaryl/α,β-unsaturated/α-hetero) is 1. The average molecular weight is 1150 g/mol. The number of amides is 4. The number of esters is 3. The molecule has 0 aliphatic carbocycles. The van der Waals surface area contributed by atoms with Crippen LogP contribution >= 0.6 is 69.6 Å². The Kier molecular flexibility index (Phi) is 23.2. The van der Waals surface area contributed by atoms with E-state index >= 15 is 0 Å². The van der Waals surface area contributed by atoms with Crippen LogP contribution in [-0.2, 0) is 76.1 Å². The lowest BCUT2D eigenvalue weighted by atomic mass is 9.80. The van der Waals surface area contributed by atoms with Gasteiger partial charge in [-0.1, -0.05) is 90.4 Å². The van der Waals surface area contributed by atoms with E-state index in [0.717, 1.165) is 0 Å². The lowest BCUT2D eigenvalue weighted by Crippen LogP contribution is -2.60. The first kappa shape index (κ1) is 63.5. The predicted molar refractivity (Wildman–Crippen MR) is 260 cm³/mol. The molecule has 4 amide bonds. The fourth-order valence-electron chi connectivity index (χ4n) is 8.70. The third-order valence-electron chi connectivity index (χ3n) is 12.4. The van der Waals surface area contributed by atoms with Crippen LogP contribution < -0.4 is 10.6 Å². The van der Waals surface area contributed by atoms with Crippen LogP contribution in [0.1, 0.15) is 101 Å². The van der Waals surface area contributed by atoms with Gasteiger partial charge in [0, 0.05) is 45.6 Å². The number of cyclic esters (lactones) is 1. The number of likely N-dealkylation sites (N-methyl/N-ethyl adjacent to an activating group) is 1. The molecule has 2 N–H and O–H groups in total. The summed E-state index contributed by atoms with van der Waals surface area (Å²) in [5.74, 6) is -9.69. The summed E-state index contributed by atoms with van der Waals surface area (Å²) in [4.78, 5) is 108. The van der Waals surface area contributed by atoms with Crippen molar-refractivity contribution in [2.75, 3.05) is 21.2 Å². The Labute approximate surface area is 448 Å². The van der Waals surface area contributed by atoms with Gasteiger partial charge in [-0.05, 0) is 74.1 Å². The van der Waals surface area contributed by atoms with Crippen LogP contribution in [0.2, 0.25) is 0 Å². The number of hydrogen-bond acceptors (Lipinski definition) is 19. The normalized spacial score (nSPS) is 34.3. The van der Waals surface area contributed by atoms with Crippen LogP contribution in [0.25, 0.3) is 0 Å². The van der Waals surface area contributed by atoms with Crippen molar-refractivity contribution in [3.8, 4) is 0 Å². The first-order chi connectivity index (χ1) is 33.0. The molecule has 21 nitrogen and oxygen atoms in total. The number of alkyl halides is 6. The average Bonchev–Trinajstić information content (AvgIpc) is 3.24. The molecule has 3 rings (SSSR count). The number of nitrogens with one attached hydrogen (secondary N) is 2. The van der Waals surface area contributed by atoms with E-state index < -0.39 is 164 Å². The van der Waals surface area contributed by atoms with E-state index in [4.69, 9.17) is 117 Å². The van der Waals surface area contributed by atoms with Crippen LogP contribution in [0.15, 0.2) is 11.8 Å². The zero-order valence-corrected chi connectivity index (χ0v) is 46.7. The molecule has 0 aromatic carbocycles. The van der Waals surface area contributed by atoms with Gasteiger partial charge in [0.15, 0.2) is 30.9 Å². The smallest absolute Gasteiger partial charge is 0.419 e. The van der Waals surface area contributed by atoms with Crippen molar-refractivity contribution in [1.82, 2.24) is 15.5 Å². The standard InChI is InChI=1S/C45H65Cl6N3O18/c1-14-28-30(70-40(61)52-38(59)44(46,47)48)15-20(2)33(57)21(3)18-42(9,72-41(62)53-39(60)45(49,50)51)31(71-37-34(66-25(7)55)27(54(11)12)16-22(4)64-37)17-29(23(5)36(58)69-28)68-32-19-43(10,63-13)35(24(6)65-32)67-26(8)56/h15,20-24,27-29,31-32,34-35,37H,14,16-19H2,1-13H3,(H,52,59,61)(H,53,60,62)/t20?,21-,22-,23-,24+,27+,28-,29+,31-,32+,34-,35+,37+,42-,43-/m1/s1. The van der Waals surface area contributed by atoms with Crippen molar-refractivity contribution >= 4 is 117 Å². The molecule has 0 bridgehead atoms. The van der Waals surface area contributed by atoms with E-state index in [1.54, 1.807) is 47.1 Å². The van der Waals surface area contributed by atoms with E-state index in [2.05, 4.69) is 0 Å². The van der Waals surface area contributed by atoms with Gasteiger partial charge in [0.2, 0.25) is 0 Å². The van der Waals surface area contributed by atoms with Gasteiger partial charge in [-0.2, -0.15) is 0 Å². The molecule has 0 radical (unpaired) electrons. The van der Waals surface area contributed by atoms with Gasteiger partial charge in [-0.3, -0.25) is 39.4 Å². The minimum atomic E-state index is -2.65. The molecular weight excluding hydrogens is 1080 g/mol. The second-order valence-electron chi connectivity index (χ2n) is 18.7. The van der Waals surface area contributed by atoms with E-state index in [9.17, 15) is 38.4 Å². The monoisotopic (exact) mass is 1150 g/mol. The number of rotatable bonds is 11. The molecule has 15 atom stereocenters. The van der Waals surface area contributed by atoms with Crippen molar-refractivity contribution in [2.45, 2.75) is 181 Å². The molecule has 0 saturated carbocycles. The van der Waals surface area contributed by atoms with Crippen LogP contribution in [0, 0.1) is 17.8 Å². The number of ether oxygens (including phenoxy) is 10. The summed E-state index contributed by atoms with van der Waals surface area (Å²) in [7, 11) is 4.93. The van der Waals surface area contributed by atoms with Gasteiger partial charge in [0.1, 0.15) is 28.8 Å². The van der Waals surface area contributed by atoms with Crippen LogP contribution in [0.4, 0.5) is 9.59 Å². The summed E-state index contributed by atoms with van der Waals surface area (Å²) in [5.41, 5.74) is -3.32. The quantitative estimate of drug-likeness (QED) is 0.124. The highest BCUT2D eigenvalue weighted by Gasteiger charge is 2.53. The maximum Gasteiger partial charge on any atom is 0.419 e. The third-order valence-corrected chi connectivity index (χ3v) is 13.5. The number of carbonyl (C=O) groups excluding carboxylic acids is 8. The molecule has 2 saturated heterocycles. The van der Waals surface area contributed by atoms with Crippen molar-refractivity contribution in [3.05, 3.63) is 11.8 Å². The number of nitrogens with zero attached hydrogens (tertiary/aromatic N) is 1. The highest BCUT2D eigenvalue weighted by molar-refractivity contribution is 6.77. The molecule has 2 fully saturated rings.